The van der Waals surface area contributed by atoms with Crippen LogP contribution in [0.25, 0.3) is 77.2 Å². The van der Waals surface area contributed by atoms with Crippen molar-refractivity contribution in [2.45, 2.75) is 12.8 Å². The average Bonchev–Trinajstić information content (AvgIpc) is 3.35. The van der Waals surface area contributed by atoms with Crippen LogP contribution in [0.3, 0.4) is 0 Å². The van der Waals surface area contributed by atoms with Crippen molar-refractivity contribution in [3.05, 3.63) is 138 Å². The Morgan fingerprint density at radius 1 is 0.659 bits per heavy atom. The minimum atomic E-state index is -0.0294. The molecule has 0 fully saturated rings. The topological polar surface area (TPSA) is 43.1 Å². The van der Waals surface area contributed by atoms with Crippen LogP contribution in [0.2, 0.25) is 0 Å². The lowest BCUT2D eigenvalue weighted by molar-refractivity contribution is 0.589. The van der Waals surface area contributed by atoms with Crippen LogP contribution in [-0.2, 0) is 0 Å². The zero-order valence-corrected chi connectivity index (χ0v) is 24.1. The molecular weight excluding hydrogens is 536 g/mol. The summed E-state index contributed by atoms with van der Waals surface area (Å²) in [7, 11) is 0. The molecule has 0 aliphatic heterocycles. The minimum absolute atomic E-state index is 0.0294. The lowest BCUT2D eigenvalue weighted by Crippen LogP contribution is -2.19. The Kier molecular flexibility index (Phi) is 4.73. The van der Waals surface area contributed by atoms with Gasteiger partial charge in [0.25, 0.3) is 0 Å². The van der Waals surface area contributed by atoms with E-state index in [0.29, 0.717) is 5.65 Å². The van der Waals surface area contributed by atoms with Crippen LogP contribution in [0.4, 0.5) is 0 Å². The van der Waals surface area contributed by atoms with Gasteiger partial charge in [0.15, 0.2) is 5.65 Å². The summed E-state index contributed by atoms with van der Waals surface area (Å²) in [5, 5.41) is 8.98. The first-order valence-electron chi connectivity index (χ1n) is 15.2. The molecule has 0 N–H and O–H groups in total. The second-order valence-corrected chi connectivity index (χ2v) is 12.0. The average molecular weight is 563 g/mol. The van der Waals surface area contributed by atoms with Crippen molar-refractivity contribution in [2.24, 2.45) is 5.92 Å². The zero-order valence-electron chi connectivity index (χ0n) is 24.1. The highest BCUT2D eigenvalue weighted by Gasteiger charge is 2.35. The molecular formula is C40H26N4. The smallest absolute Gasteiger partial charge is 0.178 e. The van der Waals surface area contributed by atoms with E-state index in [1.54, 1.807) is 6.20 Å². The Morgan fingerprint density at radius 2 is 1.45 bits per heavy atom. The van der Waals surface area contributed by atoms with Gasteiger partial charge in [-0.05, 0) is 45.7 Å². The minimum Gasteiger partial charge on any atom is -0.311 e. The van der Waals surface area contributed by atoms with E-state index in [9.17, 15) is 0 Å². The van der Waals surface area contributed by atoms with Gasteiger partial charge in [-0.1, -0.05) is 110 Å². The van der Waals surface area contributed by atoms with E-state index in [1.165, 1.54) is 60.0 Å². The third kappa shape index (κ3) is 3.09. The van der Waals surface area contributed by atoms with E-state index < -0.39 is 0 Å². The maximum Gasteiger partial charge on any atom is 0.178 e. The van der Waals surface area contributed by atoms with Gasteiger partial charge < -0.3 is 4.40 Å². The summed E-state index contributed by atoms with van der Waals surface area (Å²) < 4.78 is 2.57. The van der Waals surface area contributed by atoms with E-state index in [-0.39, 0.29) is 11.8 Å². The Labute approximate surface area is 253 Å². The molecule has 0 radical (unpaired) electrons. The lowest BCUT2D eigenvalue weighted by Gasteiger charge is -2.28. The SMILES string of the molecule is CC1C=Cc2c(n3c4ccccc4c4cccc5ccc6ccc2c3c6c54)C1c1nc2cccnc2nc1-c1ccccc1. The van der Waals surface area contributed by atoms with Gasteiger partial charge in [-0.3, -0.25) is 0 Å². The summed E-state index contributed by atoms with van der Waals surface area (Å²) in [6.45, 7) is 2.31. The molecule has 0 saturated carbocycles. The molecule has 0 saturated heterocycles. The summed E-state index contributed by atoms with van der Waals surface area (Å²) in [4.78, 5) is 15.2. The number of benzene rings is 5. The van der Waals surface area contributed by atoms with Crippen molar-refractivity contribution in [1.82, 2.24) is 19.4 Å². The molecule has 206 valence electrons. The molecule has 1 aliphatic carbocycles. The van der Waals surface area contributed by atoms with Crippen molar-refractivity contribution in [2.75, 3.05) is 0 Å². The predicted molar refractivity (Wildman–Crippen MR) is 181 cm³/mol. The molecule has 4 nitrogen and oxygen atoms in total. The number of nitrogens with zero attached hydrogens (tertiary/aromatic N) is 4. The number of rotatable bonds is 2. The van der Waals surface area contributed by atoms with Crippen LogP contribution in [0.5, 0.6) is 0 Å². The summed E-state index contributed by atoms with van der Waals surface area (Å²) in [5.41, 5.74) is 9.44. The van der Waals surface area contributed by atoms with E-state index >= 15 is 0 Å². The van der Waals surface area contributed by atoms with Gasteiger partial charge in [0.05, 0.1) is 28.3 Å². The second kappa shape index (κ2) is 8.71. The number of fused-ring (bicyclic) bond motifs is 7. The monoisotopic (exact) mass is 562 g/mol. The third-order valence-corrected chi connectivity index (χ3v) is 9.66. The van der Waals surface area contributed by atoms with Crippen LogP contribution in [0, 0.1) is 5.92 Å². The highest BCUT2D eigenvalue weighted by molar-refractivity contribution is 6.30. The first kappa shape index (κ1) is 23.9. The molecule has 10 rings (SSSR count). The van der Waals surface area contributed by atoms with Crippen molar-refractivity contribution < 1.29 is 0 Å². The van der Waals surface area contributed by atoms with E-state index in [2.05, 4.69) is 119 Å². The Bertz CT molecular complexity index is 2630. The number of hydrogen-bond acceptors (Lipinski definition) is 3. The molecule has 4 heteroatoms. The fourth-order valence-corrected chi connectivity index (χ4v) is 7.78. The maximum atomic E-state index is 5.39. The van der Waals surface area contributed by atoms with Crippen molar-refractivity contribution in [3.8, 4) is 11.3 Å². The molecule has 2 unspecified atom stereocenters. The molecule has 0 amide bonds. The van der Waals surface area contributed by atoms with Gasteiger partial charge in [0.1, 0.15) is 5.52 Å². The van der Waals surface area contributed by atoms with Gasteiger partial charge in [0, 0.05) is 39.2 Å². The molecule has 5 aromatic carbocycles. The van der Waals surface area contributed by atoms with Crippen LogP contribution < -0.4 is 0 Å². The fourth-order valence-electron chi connectivity index (χ4n) is 7.78. The quantitative estimate of drug-likeness (QED) is 0.197. The van der Waals surface area contributed by atoms with Gasteiger partial charge >= 0.3 is 0 Å². The van der Waals surface area contributed by atoms with Gasteiger partial charge in [-0.25, -0.2) is 15.0 Å². The summed E-state index contributed by atoms with van der Waals surface area (Å²) in [5.74, 6) is 0.163. The standard InChI is InChI=1S/C40H26N4/c1-23-16-20-29-30-21-19-25-18-17-24-11-7-13-28-27-12-5-6-15-32(27)44(39(30)35(25)34(24)28)38(29)33(23)37-36(26-9-3-2-4-10-26)43-40-31(42-37)14-8-22-41-40/h2-23,33H,1H3. The van der Waals surface area contributed by atoms with E-state index in [1.807, 2.05) is 18.2 Å². The molecule has 4 heterocycles. The summed E-state index contributed by atoms with van der Waals surface area (Å²) in [6.07, 6.45) is 6.50. The maximum absolute atomic E-state index is 5.39. The fraction of sp³-hybridized carbons (Fsp3) is 0.0750. The Balaban J connectivity index is 1.44. The third-order valence-electron chi connectivity index (χ3n) is 9.66. The number of para-hydroxylation sites is 1. The van der Waals surface area contributed by atoms with Gasteiger partial charge in [0.2, 0.25) is 0 Å². The predicted octanol–water partition coefficient (Wildman–Crippen LogP) is 9.79. The number of allylic oxidation sites excluding steroid dienone is 1. The van der Waals surface area contributed by atoms with Crippen molar-refractivity contribution >= 4 is 66.0 Å². The van der Waals surface area contributed by atoms with Crippen LogP contribution >= 0.6 is 0 Å². The molecule has 9 aromatic rings. The largest absolute Gasteiger partial charge is 0.311 e. The van der Waals surface area contributed by atoms with Crippen molar-refractivity contribution in [3.63, 3.8) is 0 Å². The van der Waals surface area contributed by atoms with Gasteiger partial charge in [-0.15, -0.1) is 0 Å². The Morgan fingerprint density at radius 3 is 2.36 bits per heavy atom. The molecule has 1 aliphatic rings. The molecule has 0 spiro atoms. The van der Waals surface area contributed by atoms with Crippen LogP contribution in [0.1, 0.15) is 29.8 Å². The number of pyridine rings is 1. The number of aromatic nitrogens is 4. The number of hydrogen-bond donors (Lipinski definition) is 0. The summed E-state index contributed by atoms with van der Waals surface area (Å²) in [6, 6.07) is 39.2. The normalized spacial score (nSPS) is 16.7. The second-order valence-electron chi connectivity index (χ2n) is 12.0. The molecule has 44 heavy (non-hydrogen) atoms. The van der Waals surface area contributed by atoms with E-state index in [0.717, 1.165) is 22.5 Å². The molecule has 4 aromatic heterocycles. The Hall–Kier alpha value is -5.61. The molecule has 2 atom stereocenters. The zero-order chi connectivity index (χ0) is 28.9. The van der Waals surface area contributed by atoms with E-state index in [4.69, 9.17) is 9.97 Å². The summed E-state index contributed by atoms with van der Waals surface area (Å²) >= 11 is 0. The van der Waals surface area contributed by atoms with Gasteiger partial charge in [-0.2, -0.15) is 0 Å². The highest BCUT2D eigenvalue weighted by atomic mass is 15.0. The molecule has 0 bridgehead atoms. The van der Waals surface area contributed by atoms with Crippen LogP contribution in [0.15, 0.2) is 121 Å². The van der Waals surface area contributed by atoms with Crippen LogP contribution in [-0.4, -0.2) is 19.4 Å². The highest BCUT2D eigenvalue weighted by Crippen LogP contribution is 2.49. The lowest BCUT2D eigenvalue weighted by atomic mass is 9.80. The first-order valence-corrected chi connectivity index (χ1v) is 15.2. The van der Waals surface area contributed by atoms with Crippen molar-refractivity contribution in [1.29, 1.82) is 0 Å². The first-order chi connectivity index (χ1) is 21.8.